The van der Waals surface area contributed by atoms with Gasteiger partial charge in [0, 0.05) is 12.6 Å². The van der Waals surface area contributed by atoms with Crippen molar-refractivity contribution in [3.8, 4) is 0 Å². The Hall–Kier alpha value is -1.16. The maximum absolute atomic E-state index is 2.64. The molecule has 0 bridgehead atoms. The summed E-state index contributed by atoms with van der Waals surface area (Å²) in [6.07, 6.45) is 2.51. The highest BCUT2D eigenvalue weighted by Crippen LogP contribution is 2.29. The molecule has 0 N–H and O–H groups in total. The van der Waals surface area contributed by atoms with Crippen molar-refractivity contribution in [1.82, 2.24) is 9.80 Å². The first-order valence-electron chi connectivity index (χ1n) is 8.20. The molecule has 0 radical (unpaired) electrons. The lowest BCUT2D eigenvalue weighted by atomic mass is 9.99. The Morgan fingerprint density at radius 2 is 2.05 bits per heavy atom. The van der Waals surface area contributed by atoms with Crippen molar-refractivity contribution >= 4 is 11.3 Å². The zero-order valence-corrected chi connectivity index (χ0v) is 14.4. The minimum Gasteiger partial charge on any atom is -0.303 e. The van der Waals surface area contributed by atoms with Crippen LogP contribution in [-0.2, 0) is 0 Å². The molecule has 0 spiro atoms. The molecule has 2 aromatic rings. The van der Waals surface area contributed by atoms with Crippen molar-refractivity contribution in [2.24, 2.45) is 0 Å². The molecule has 1 aliphatic rings. The number of likely N-dealkylation sites (tertiary alicyclic amines) is 1. The maximum atomic E-state index is 2.64. The molecule has 1 aromatic carbocycles. The highest BCUT2D eigenvalue weighted by Gasteiger charge is 2.24. The van der Waals surface area contributed by atoms with E-state index < -0.39 is 0 Å². The second-order valence-electron chi connectivity index (χ2n) is 6.52. The molecule has 1 aliphatic heterocycles. The maximum Gasteiger partial charge on any atom is 0.0362 e. The van der Waals surface area contributed by atoms with Gasteiger partial charge in [-0.05, 0) is 73.9 Å². The summed E-state index contributed by atoms with van der Waals surface area (Å²) in [5.41, 5.74) is 2.97. The number of hydrogen-bond donors (Lipinski definition) is 0. The van der Waals surface area contributed by atoms with Gasteiger partial charge in [-0.15, -0.1) is 0 Å². The van der Waals surface area contributed by atoms with Gasteiger partial charge >= 0.3 is 0 Å². The van der Waals surface area contributed by atoms with Crippen LogP contribution in [0, 0.1) is 0 Å². The Morgan fingerprint density at radius 3 is 2.73 bits per heavy atom. The van der Waals surface area contributed by atoms with Crippen LogP contribution in [0.5, 0.6) is 0 Å². The van der Waals surface area contributed by atoms with Crippen LogP contribution in [0.1, 0.15) is 35.9 Å². The van der Waals surface area contributed by atoms with Crippen molar-refractivity contribution < 1.29 is 0 Å². The summed E-state index contributed by atoms with van der Waals surface area (Å²) in [6, 6.07) is 13.8. The van der Waals surface area contributed by atoms with Gasteiger partial charge < -0.3 is 9.80 Å². The fraction of sp³-hybridized carbons (Fsp3) is 0.474. The van der Waals surface area contributed by atoms with E-state index in [9.17, 15) is 0 Å². The summed E-state index contributed by atoms with van der Waals surface area (Å²) in [7, 11) is 4.39. The van der Waals surface area contributed by atoms with E-state index in [1.807, 2.05) is 0 Å². The van der Waals surface area contributed by atoms with Crippen molar-refractivity contribution in [3.05, 3.63) is 58.3 Å². The van der Waals surface area contributed by atoms with E-state index in [4.69, 9.17) is 0 Å². The first kappa shape index (κ1) is 15.7. The van der Waals surface area contributed by atoms with Gasteiger partial charge in [-0.2, -0.15) is 11.3 Å². The minimum atomic E-state index is 0.544. The van der Waals surface area contributed by atoms with Gasteiger partial charge in [-0.3, -0.25) is 0 Å². The average Bonchev–Trinajstić information content (AvgIpc) is 3.20. The first-order chi connectivity index (χ1) is 10.7. The summed E-state index contributed by atoms with van der Waals surface area (Å²) >= 11 is 1.80. The van der Waals surface area contributed by atoms with E-state index in [1.54, 1.807) is 11.3 Å². The van der Waals surface area contributed by atoms with Gasteiger partial charge in [0.15, 0.2) is 0 Å². The quantitative estimate of drug-likeness (QED) is 0.787. The molecule has 1 saturated heterocycles. The molecular formula is C19H26N2S. The Balaban J connectivity index is 1.54. The monoisotopic (exact) mass is 314 g/mol. The summed E-state index contributed by atoms with van der Waals surface area (Å²) in [6.45, 7) is 3.65. The molecule has 2 nitrogen and oxygen atoms in total. The van der Waals surface area contributed by atoms with Gasteiger partial charge in [-0.25, -0.2) is 0 Å². The zero-order chi connectivity index (χ0) is 15.4. The third-order valence-electron chi connectivity index (χ3n) is 4.81. The average molecular weight is 314 g/mol. The normalized spacial score (nSPS) is 20.6. The summed E-state index contributed by atoms with van der Waals surface area (Å²) in [5.74, 6) is 0.722. The fourth-order valence-corrected chi connectivity index (χ4v) is 4.23. The molecule has 0 aliphatic carbocycles. The van der Waals surface area contributed by atoms with E-state index in [-0.39, 0.29) is 0 Å². The van der Waals surface area contributed by atoms with Crippen molar-refractivity contribution in [1.29, 1.82) is 0 Å². The van der Waals surface area contributed by atoms with Crippen LogP contribution in [0.15, 0.2) is 47.2 Å². The predicted molar refractivity (Wildman–Crippen MR) is 95.6 cm³/mol. The Morgan fingerprint density at radius 1 is 1.23 bits per heavy atom. The van der Waals surface area contributed by atoms with E-state index >= 15 is 0 Å². The molecule has 1 unspecified atom stereocenters. The van der Waals surface area contributed by atoms with Crippen LogP contribution in [0.2, 0.25) is 0 Å². The lowest BCUT2D eigenvalue weighted by Crippen LogP contribution is -2.27. The van der Waals surface area contributed by atoms with Gasteiger partial charge in [0.25, 0.3) is 0 Å². The Labute approximate surface area is 138 Å². The molecule has 1 aromatic heterocycles. The molecule has 0 saturated carbocycles. The van der Waals surface area contributed by atoms with E-state index in [1.165, 1.54) is 43.6 Å². The first-order valence-corrected chi connectivity index (χ1v) is 9.14. The fourth-order valence-electron chi connectivity index (χ4n) is 3.53. The lowest BCUT2D eigenvalue weighted by Gasteiger charge is -2.26. The second kappa shape index (κ2) is 7.40. The van der Waals surface area contributed by atoms with Gasteiger partial charge in [-0.1, -0.05) is 30.3 Å². The largest absolute Gasteiger partial charge is 0.303 e. The summed E-state index contributed by atoms with van der Waals surface area (Å²) in [4.78, 5) is 4.99. The molecule has 118 valence electrons. The third-order valence-corrected chi connectivity index (χ3v) is 5.51. The molecule has 3 rings (SSSR count). The number of thiophene rings is 1. The van der Waals surface area contributed by atoms with Crippen LogP contribution in [0.25, 0.3) is 0 Å². The summed E-state index contributed by atoms with van der Waals surface area (Å²) < 4.78 is 0. The van der Waals surface area contributed by atoms with E-state index in [2.05, 4.69) is 71.1 Å². The number of rotatable bonds is 6. The van der Waals surface area contributed by atoms with Crippen LogP contribution < -0.4 is 0 Å². The third kappa shape index (κ3) is 3.78. The lowest BCUT2D eigenvalue weighted by molar-refractivity contribution is 0.238. The Bertz CT molecular complexity index is 550. The number of nitrogens with zero attached hydrogens (tertiary/aromatic N) is 2. The summed E-state index contributed by atoms with van der Waals surface area (Å²) in [5, 5.41) is 4.48. The van der Waals surface area contributed by atoms with Gasteiger partial charge in [0.2, 0.25) is 0 Å². The molecule has 2 heterocycles. The minimum absolute atomic E-state index is 0.544. The highest BCUT2D eigenvalue weighted by atomic mass is 32.1. The van der Waals surface area contributed by atoms with Crippen molar-refractivity contribution in [2.75, 3.05) is 33.7 Å². The number of benzene rings is 1. The van der Waals surface area contributed by atoms with E-state index in [0.717, 1.165) is 5.92 Å². The standard InChI is InChI=1S/C19H26N2S/c1-20(2)19(18-10-13-22-15-18)9-12-21-11-8-17(14-21)16-6-4-3-5-7-16/h3-7,10,13,15,17,19H,8-9,11-12,14H2,1-2H3/t17-,19?/m1/s1. The van der Waals surface area contributed by atoms with Crippen LogP contribution in [0.3, 0.4) is 0 Å². The molecule has 3 heteroatoms. The Kier molecular flexibility index (Phi) is 5.29. The molecule has 0 amide bonds. The topological polar surface area (TPSA) is 6.48 Å². The predicted octanol–water partition coefficient (Wildman–Crippen LogP) is 4.23. The molecule has 1 fully saturated rings. The van der Waals surface area contributed by atoms with Crippen LogP contribution in [-0.4, -0.2) is 43.5 Å². The van der Waals surface area contributed by atoms with Crippen molar-refractivity contribution in [3.63, 3.8) is 0 Å². The highest BCUT2D eigenvalue weighted by molar-refractivity contribution is 7.07. The number of hydrogen-bond acceptors (Lipinski definition) is 3. The van der Waals surface area contributed by atoms with Crippen LogP contribution in [0.4, 0.5) is 0 Å². The van der Waals surface area contributed by atoms with Gasteiger partial charge in [0.05, 0.1) is 0 Å². The van der Waals surface area contributed by atoms with E-state index in [0.29, 0.717) is 6.04 Å². The molecule has 2 atom stereocenters. The second-order valence-corrected chi connectivity index (χ2v) is 7.30. The SMILES string of the molecule is CN(C)C(CCN1CC[C@@H](c2ccccc2)C1)c1ccsc1. The smallest absolute Gasteiger partial charge is 0.0362 e. The zero-order valence-electron chi connectivity index (χ0n) is 13.6. The molecule has 22 heavy (non-hydrogen) atoms. The van der Waals surface area contributed by atoms with Gasteiger partial charge in [0.1, 0.15) is 0 Å². The molecular weight excluding hydrogens is 288 g/mol. The van der Waals surface area contributed by atoms with Crippen molar-refractivity contribution in [2.45, 2.75) is 24.8 Å². The van der Waals surface area contributed by atoms with Crippen LogP contribution >= 0.6 is 11.3 Å².